The van der Waals surface area contributed by atoms with E-state index in [2.05, 4.69) is 9.97 Å². The third-order valence-corrected chi connectivity index (χ3v) is 5.41. The first-order chi connectivity index (χ1) is 14.8. The minimum atomic E-state index is -4.61. The third-order valence-electron chi connectivity index (χ3n) is 5.41. The van der Waals surface area contributed by atoms with Gasteiger partial charge in [-0.05, 0) is 36.2 Å². The Morgan fingerprint density at radius 3 is 2.81 bits per heavy atom. The van der Waals surface area contributed by atoms with E-state index in [0.29, 0.717) is 29.4 Å². The Kier molecular flexibility index (Phi) is 4.30. The number of hydrogen-bond donors (Lipinski definition) is 0. The van der Waals surface area contributed by atoms with Crippen LogP contribution in [0.25, 0.3) is 0 Å². The van der Waals surface area contributed by atoms with Crippen LogP contribution in [0, 0.1) is 0 Å². The number of furan rings is 1. The number of hydrogen-bond acceptors (Lipinski definition) is 6. The van der Waals surface area contributed by atoms with Crippen molar-refractivity contribution in [2.45, 2.75) is 24.7 Å². The summed E-state index contributed by atoms with van der Waals surface area (Å²) in [5, 5.41) is 0. The molecule has 1 amide bonds. The zero-order chi connectivity index (χ0) is 21.8. The highest BCUT2D eigenvalue weighted by molar-refractivity contribution is 6.08. The number of rotatable bonds is 4. The maximum absolute atomic E-state index is 13.7. The van der Waals surface area contributed by atoms with Gasteiger partial charge in [0.1, 0.15) is 11.6 Å². The number of alkyl halides is 3. The lowest BCUT2D eigenvalue weighted by Gasteiger charge is -2.32. The van der Waals surface area contributed by atoms with E-state index in [1.807, 2.05) is 6.07 Å². The molecular formula is C21H16F3N3O4. The molecular weight excluding hydrogens is 415 g/mol. The molecule has 31 heavy (non-hydrogen) atoms. The van der Waals surface area contributed by atoms with Gasteiger partial charge in [0.2, 0.25) is 17.2 Å². The normalized spacial score (nSPS) is 20.1. The molecule has 0 aromatic carbocycles. The predicted molar refractivity (Wildman–Crippen MR) is 100 cm³/mol. The van der Waals surface area contributed by atoms with Crippen LogP contribution in [0.4, 0.5) is 19.0 Å². The molecule has 160 valence electrons. The summed E-state index contributed by atoms with van der Waals surface area (Å²) in [4.78, 5) is 23.8. The molecule has 2 aliphatic rings. The Bertz CT molecular complexity index is 1180. The fourth-order valence-corrected chi connectivity index (χ4v) is 4.08. The van der Waals surface area contributed by atoms with Crippen LogP contribution < -0.4 is 9.64 Å². The molecule has 3 aromatic heterocycles. The van der Waals surface area contributed by atoms with Crippen LogP contribution in [0.15, 0.2) is 47.0 Å². The fraction of sp³-hybridized carbons (Fsp3) is 0.286. The Hall–Kier alpha value is -3.40. The second kappa shape index (κ2) is 6.81. The number of carbonyl (C=O) groups excluding carboxylic acids is 1. The van der Waals surface area contributed by atoms with Crippen molar-refractivity contribution in [3.63, 3.8) is 0 Å². The van der Waals surface area contributed by atoms with Crippen LogP contribution >= 0.6 is 0 Å². The van der Waals surface area contributed by atoms with Gasteiger partial charge in [-0.3, -0.25) is 9.69 Å². The smallest absolute Gasteiger partial charge is 0.449 e. The maximum Gasteiger partial charge on any atom is 0.449 e. The monoisotopic (exact) mass is 431 g/mol. The van der Waals surface area contributed by atoms with E-state index in [1.165, 1.54) is 18.1 Å². The lowest BCUT2D eigenvalue weighted by atomic mass is 9.85. The fourth-order valence-electron chi connectivity index (χ4n) is 4.08. The van der Waals surface area contributed by atoms with Crippen molar-refractivity contribution in [3.8, 4) is 5.88 Å². The minimum Gasteiger partial charge on any atom is -0.481 e. The third kappa shape index (κ3) is 2.89. The molecule has 7 nitrogen and oxygen atoms in total. The van der Waals surface area contributed by atoms with E-state index in [9.17, 15) is 18.0 Å². The topological polar surface area (TPSA) is 77.7 Å². The quantitative estimate of drug-likeness (QED) is 0.630. The highest BCUT2D eigenvalue weighted by atomic mass is 19.4. The average Bonchev–Trinajstić information content (AvgIpc) is 3.34. The number of amides is 1. The molecule has 0 radical (unpaired) electrons. The summed E-state index contributed by atoms with van der Waals surface area (Å²) < 4.78 is 55.0. The summed E-state index contributed by atoms with van der Waals surface area (Å²) in [6.45, 7) is 0.0430. The van der Waals surface area contributed by atoms with E-state index in [-0.39, 0.29) is 18.9 Å². The Morgan fingerprint density at radius 2 is 2.06 bits per heavy atom. The summed E-state index contributed by atoms with van der Waals surface area (Å²) in [6, 6.07) is 8.84. The van der Waals surface area contributed by atoms with Crippen LogP contribution in [0.5, 0.6) is 5.88 Å². The van der Waals surface area contributed by atoms with Crippen LogP contribution in [0.2, 0.25) is 0 Å². The number of methoxy groups -OCH3 is 1. The van der Waals surface area contributed by atoms with Crippen molar-refractivity contribution in [1.82, 2.24) is 9.97 Å². The highest BCUT2D eigenvalue weighted by Crippen LogP contribution is 2.50. The molecule has 0 fully saturated rings. The van der Waals surface area contributed by atoms with Gasteiger partial charge >= 0.3 is 6.18 Å². The van der Waals surface area contributed by atoms with Crippen LogP contribution in [-0.2, 0) is 34.3 Å². The van der Waals surface area contributed by atoms with E-state index < -0.39 is 23.4 Å². The number of nitrogens with zero attached hydrogens (tertiary/aromatic N) is 3. The van der Waals surface area contributed by atoms with Gasteiger partial charge in [0.25, 0.3) is 5.91 Å². The largest absolute Gasteiger partial charge is 0.481 e. The zero-order valence-corrected chi connectivity index (χ0v) is 16.3. The van der Waals surface area contributed by atoms with Gasteiger partial charge in [0, 0.05) is 17.8 Å². The molecule has 0 bridgehead atoms. The van der Waals surface area contributed by atoms with Crippen molar-refractivity contribution < 1.29 is 31.9 Å². The summed E-state index contributed by atoms with van der Waals surface area (Å²) >= 11 is 0. The molecule has 0 saturated heterocycles. The van der Waals surface area contributed by atoms with Gasteiger partial charge in [-0.1, -0.05) is 6.07 Å². The summed E-state index contributed by atoms with van der Waals surface area (Å²) in [7, 11) is 1.46. The van der Waals surface area contributed by atoms with Crippen molar-refractivity contribution in [2.24, 2.45) is 0 Å². The standard InChI is InChI=1S/C21H16F3N3O4/c1-29-16-4-2-3-14(26-16)20-17-12(8-10-30-20)7-9-25-18(17)27(19(20)28)11-13-5-6-15(31-13)21(22,23)24/h2-7,9H,8,10-11H2,1H3. The molecule has 1 atom stereocenters. The highest BCUT2D eigenvalue weighted by Gasteiger charge is 2.58. The SMILES string of the molecule is COc1cccc(C23OCCc4ccnc(c42)N(Cc2ccc(C(F)(F)F)o2)C3=O)n1. The van der Waals surface area contributed by atoms with Gasteiger partial charge < -0.3 is 13.9 Å². The number of pyridine rings is 2. The van der Waals surface area contributed by atoms with Crippen molar-refractivity contribution in [1.29, 1.82) is 0 Å². The molecule has 0 N–H and O–H groups in total. The molecule has 0 aliphatic carbocycles. The van der Waals surface area contributed by atoms with E-state index in [0.717, 1.165) is 11.6 Å². The first kappa shape index (κ1) is 19.6. The summed E-state index contributed by atoms with van der Waals surface area (Å²) in [5.74, 6) is -1.02. The molecule has 5 heterocycles. The number of ether oxygens (including phenoxy) is 2. The van der Waals surface area contributed by atoms with E-state index in [1.54, 1.807) is 24.4 Å². The minimum absolute atomic E-state index is 0.0209. The summed E-state index contributed by atoms with van der Waals surface area (Å²) in [5.41, 5.74) is 0.192. The van der Waals surface area contributed by atoms with Crippen molar-refractivity contribution in [2.75, 3.05) is 18.6 Å². The van der Waals surface area contributed by atoms with Crippen molar-refractivity contribution >= 4 is 11.7 Å². The zero-order valence-electron chi connectivity index (χ0n) is 16.3. The first-order valence-electron chi connectivity index (χ1n) is 9.46. The van der Waals surface area contributed by atoms with Crippen LogP contribution in [0.1, 0.15) is 28.3 Å². The van der Waals surface area contributed by atoms with E-state index >= 15 is 0 Å². The Balaban J connectivity index is 1.63. The van der Waals surface area contributed by atoms with Crippen LogP contribution in [0.3, 0.4) is 0 Å². The van der Waals surface area contributed by atoms with Gasteiger partial charge in [0.15, 0.2) is 0 Å². The molecule has 3 aromatic rings. The van der Waals surface area contributed by atoms with Gasteiger partial charge in [-0.15, -0.1) is 0 Å². The van der Waals surface area contributed by atoms with Gasteiger partial charge in [-0.2, -0.15) is 13.2 Å². The Morgan fingerprint density at radius 1 is 1.23 bits per heavy atom. The van der Waals surface area contributed by atoms with E-state index in [4.69, 9.17) is 13.9 Å². The predicted octanol–water partition coefficient (Wildman–Crippen LogP) is 3.46. The average molecular weight is 431 g/mol. The Labute approximate surface area is 174 Å². The van der Waals surface area contributed by atoms with Gasteiger partial charge in [-0.25, -0.2) is 9.97 Å². The molecule has 10 heteroatoms. The molecule has 0 saturated carbocycles. The molecule has 5 rings (SSSR count). The van der Waals surface area contributed by atoms with Crippen molar-refractivity contribution in [3.05, 3.63) is 70.9 Å². The van der Waals surface area contributed by atoms with Crippen LogP contribution in [-0.4, -0.2) is 29.6 Å². The molecule has 0 spiro atoms. The lowest BCUT2D eigenvalue weighted by molar-refractivity contribution is -0.153. The summed E-state index contributed by atoms with van der Waals surface area (Å²) in [6.07, 6.45) is -2.48. The number of anilines is 1. The number of halogens is 3. The van der Waals surface area contributed by atoms with Gasteiger partial charge in [0.05, 0.1) is 26.0 Å². The maximum atomic E-state index is 13.7. The number of aromatic nitrogens is 2. The number of carbonyl (C=O) groups is 1. The molecule has 2 aliphatic heterocycles. The lowest BCUT2D eigenvalue weighted by Crippen LogP contribution is -2.46. The molecule has 1 unspecified atom stereocenters. The first-order valence-corrected chi connectivity index (χ1v) is 9.46. The second-order valence-corrected chi connectivity index (χ2v) is 7.17. The second-order valence-electron chi connectivity index (χ2n) is 7.17.